The van der Waals surface area contributed by atoms with E-state index in [-0.39, 0.29) is 6.42 Å². The highest BCUT2D eigenvalue weighted by Crippen LogP contribution is 2.33. The van der Waals surface area contributed by atoms with E-state index < -0.39 is 16.1 Å². The molecule has 0 spiro atoms. The average Bonchev–Trinajstić information content (AvgIpc) is 2.74. The summed E-state index contributed by atoms with van der Waals surface area (Å²) in [7, 11) is -4.05. The summed E-state index contributed by atoms with van der Waals surface area (Å²) in [5.74, 6) is -0.512. The van der Waals surface area contributed by atoms with Crippen molar-refractivity contribution in [3.05, 3.63) is 23.8 Å². The fourth-order valence-corrected chi connectivity index (χ4v) is 3.38. The minimum Gasteiger partial charge on any atom is -0.378 e. The van der Waals surface area contributed by atoms with Gasteiger partial charge in [-0.25, -0.2) is 5.14 Å². The predicted molar refractivity (Wildman–Crippen MR) is 73.8 cm³/mol. The van der Waals surface area contributed by atoms with Crippen molar-refractivity contribution < 1.29 is 17.9 Å². The fourth-order valence-electron chi connectivity index (χ4n) is 2.58. The van der Waals surface area contributed by atoms with Crippen molar-refractivity contribution in [2.75, 3.05) is 35.5 Å². The van der Waals surface area contributed by atoms with Gasteiger partial charge in [0.1, 0.15) is 0 Å². The van der Waals surface area contributed by atoms with E-state index in [0.717, 1.165) is 18.8 Å². The number of nitrogens with zero attached hydrogens (tertiary/aromatic N) is 2. The molecule has 0 saturated carbocycles. The van der Waals surface area contributed by atoms with Crippen LogP contribution in [-0.4, -0.2) is 40.6 Å². The molecule has 2 aliphatic heterocycles. The van der Waals surface area contributed by atoms with E-state index in [1.54, 1.807) is 12.1 Å². The predicted octanol–water partition coefficient (Wildman–Crippen LogP) is -0.384. The van der Waals surface area contributed by atoms with Crippen LogP contribution in [0.4, 0.5) is 11.4 Å². The van der Waals surface area contributed by atoms with Gasteiger partial charge in [0, 0.05) is 18.8 Å². The smallest absolute Gasteiger partial charge is 0.305 e. The van der Waals surface area contributed by atoms with Crippen LogP contribution in [-0.2, 0) is 26.2 Å². The van der Waals surface area contributed by atoms with Crippen LogP contribution in [0.2, 0.25) is 0 Å². The van der Waals surface area contributed by atoms with Gasteiger partial charge in [0.2, 0.25) is 5.91 Å². The molecule has 1 amide bonds. The maximum Gasteiger partial charge on any atom is 0.305 e. The van der Waals surface area contributed by atoms with Crippen molar-refractivity contribution >= 4 is 27.5 Å². The van der Waals surface area contributed by atoms with Gasteiger partial charge in [0.25, 0.3) is 0 Å². The monoisotopic (exact) mass is 297 g/mol. The maximum atomic E-state index is 11.8. The van der Waals surface area contributed by atoms with Gasteiger partial charge in [-0.05, 0) is 23.8 Å². The molecule has 8 heteroatoms. The Hall–Kier alpha value is -1.64. The molecule has 20 heavy (non-hydrogen) atoms. The van der Waals surface area contributed by atoms with E-state index in [0.29, 0.717) is 28.8 Å². The molecule has 3 rings (SSSR count). The number of anilines is 2. The summed E-state index contributed by atoms with van der Waals surface area (Å²) in [6, 6.07) is 5.29. The number of nitrogens with two attached hydrogens (primary N) is 1. The number of morpholine rings is 1. The molecule has 0 atom stereocenters. The molecule has 1 aromatic carbocycles. The van der Waals surface area contributed by atoms with E-state index >= 15 is 0 Å². The molecule has 108 valence electrons. The minimum atomic E-state index is -4.05. The second-order valence-corrected chi connectivity index (χ2v) is 6.19. The number of fused-ring (bicyclic) bond motifs is 1. The quantitative estimate of drug-likeness (QED) is 0.803. The van der Waals surface area contributed by atoms with Crippen molar-refractivity contribution in [2.24, 2.45) is 5.14 Å². The van der Waals surface area contributed by atoms with Gasteiger partial charge in [-0.1, -0.05) is 0 Å². The number of carbonyl (C=O) groups is 1. The lowest BCUT2D eigenvalue weighted by atomic mass is 10.1. The van der Waals surface area contributed by atoms with Gasteiger partial charge in [-0.2, -0.15) is 12.7 Å². The molecule has 0 bridgehead atoms. The molecule has 1 saturated heterocycles. The number of amides is 1. The number of hydrogen-bond acceptors (Lipinski definition) is 5. The van der Waals surface area contributed by atoms with Gasteiger partial charge in [0.15, 0.2) is 0 Å². The summed E-state index contributed by atoms with van der Waals surface area (Å²) in [4.78, 5) is 13.9. The Balaban J connectivity index is 1.95. The van der Waals surface area contributed by atoms with Crippen molar-refractivity contribution in [3.63, 3.8) is 0 Å². The Morgan fingerprint density at radius 1 is 1.20 bits per heavy atom. The van der Waals surface area contributed by atoms with Crippen LogP contribution in [0.5, 0.6) is 0 Å². The first kappa shape index (κ1) is 13.3. The maximum absolute atomic E-state index is 11.8. The molecule has 0 radical (unpaired) electrons. The second kappa shape index (κ2) is 4.72. The first-order valence-corrected chi connectivity index (χ1v) is 7.78. The lowest BCUT2D eigenvalue weighted by molar-refractivity contribution is -0.116. The van der Waals surface area contributed by atoms with Crippen LogP contribution < -0.4 is 14.3 Å². The fraction of sp³-hybridized carbons (Fsp3) is 0.417. The lowest BCUT2D eigenvalue weighted by Crippen LogP contribution is -2.39. The topological polar surface area (TPSA) is 92.9 Å². The standard InChI is InChI=1S/C12H15N3O4S/c13-20(17,18)15-11-2-1-10(7-9(11)8-12(15)16)14-3-5-19-6-4-14/h1-2,7H,3-6,8H2,(H2,13,17,18). The van der Waals surface area contributed by atoms with Crippen molar-refractivity contribution in [3.8, 4) is 0 Å². The molecule has 0 aromatic heterocycles. The van der Waals surface area contributed by atoms with Crippen LogP contribution in [0.1, 0.15) is 5.56 Å². The number of ether oxygens (including phenoxy) is 1. The Kier molecular flexibility index (Phi) is 3.15. The molecular formula is C12H15N3O4S. The normalized spacial score (nSPS) is 19.4. The Labute approximate surface area is 117 Å². The van der Waals surface area contributed by atoms with Crippen LogP contribution in [0, 0.1) is 0 Å². The van der Waals surface area contributed by atoms with Gasteiger partial charge in [-0.3, -0.25) is 4.79 Å². The number of hydrogen-bond donors (Lipinski definition) is 1. The molecule has 1 fully saturated rings. The second-order valence-electron chi connectivity index (χ2n) is 4.79. The lowest BCUT2D eigenvalue weighted by Gasteiger charge is -2.29. The van der Waals surface area contributed by atoms with E-state index in [4.69, 9.17) is 9.88 Å². The SMILES string of the molecule is NS(=O)(=O)N1C(=O)Cc2cc(N3CCOCC3)ccc21. The van der Waals surface area contributed by atoms with Crippen LogP contribution >= 0.6 is 0 Å². The summed E-state index contributed by atoms with van der Waals surface area (Å²) in [5.41, 5.74) is 2.01. The zero-order chi connectivity index (χ0) is 14.3. The van der Waals surface area contributed by atoms with Gasteiger partial charge < -0.3 is 9.64 Å². The van der Waals surface area contributed by atoms with E-state index in [9.17, 15) is 13.2 Å². The Morgan fingerprint density at radius 2 is 1.90 bits per heavy atom. The van der Waals surface area contributed by atoms with Crippen LogP contribution in [0.25, 0.3) is 0 Å². The molecular weight excluding hydrogens is 282 g/mol. The number of benzene rings is 1. The summed E-state index contributed by atoms with van der Waals surface area (Å²) in [6.45, 7) is 2.90. The third kappa shape index (κ3) is 2.26. The van der Waals surface area contributed by atoms with Crippen molar-refractivity contribution in [1.82, 2.24) is 0 Å². The van der Waals surface area contributed by atoms with Gasteiger partial charge >= 0.3 is 10.2 Å². The Bertz CT molecular complexity index is 653. The molecule has 0 unspecified atom stereocenters. The highest BCUT2D eigenvalue weighted by molar-refractivity contribution is 7.91. The highest BCUT2D eigenvalue weighted by atomic mass is 32.2. The largest absolute Gasteiger partial charge is 0.378 e. The minimum absolute atomic E-state index is 0.0595. The molecule has 2 N–H and O–H groups in total. The van der Waals surface area contributed by atoms with Crippen LogP contribution in [0.15, 0.2) is 18.2 Å². The van der Waals surface area contributed by atoms with E-state index in [1.165, 1.54) is 0 Å². The number of rotatable bonds is 2. The van der Waals surface area contributed by atoms with Gasteiger partial charge in [0.05, 0.1) is 25.3 Å². The van der Waals surface area contributed by atoms with E-state index in [1.807, 2.05) is 6.07 Å². The van der Waals surface area contributed by atoms with Crippen molar-refractivity contribution in [1.29, 1.82) is 0 Å². The van der Waals surface area contributed by atoms with E-state index in [2.05, 4.69) is 4.90 Å². The average molecular weight is 297 g/mol. The first-order valence-electron chi connectivity index (χ1n) is 6.28. The molecule has 2 aliphatic rings. The third-order valence-electron chi connectivity index (χ3n) is 3.48. The summed E-state index contributed by atoms with van der Waals surface area (Å²) in [5, 5.41) is 5.08. The summed E-state index contributed by atoms with van der Waals surface area (Å²) < 4.78 is 28.9. The van der Waals surface area contributed by atoms with Crippen LogP contribution in [0.3, 0.4) is 0 Å². The molecule has 2 heterocycles. The molecule has 1 aromatic rings. The Morgan fingerprint density at radius 3 is 2.55 bits per heavy atom. The molecule has 0 aliphatic carbocycles. The summed E-state index contributed by atoms with van der Waals surface area (Å²) in [6.07, 6.45) is 0.0595. The zero-order valence-electron chi connectivity index (χ0n) is 10.8. The van der Waals surface area contributed by atoms with Crippen molar-refractivity contribution in [2.45, 2.75) is 6.42 Å². The molecule has 7 nitrogen and oxygen atoms in total. The summed E-state index contributed by atoms with van der Waals surface area (Å²) >= 11 is 0. The number of carbonyl (C=O) groups excluding carboxylic acids is 1. The highest BCUT2D eigenvalue weighted by Gasteiger charge is 2.34. The zero-order valence-corrected chi connectivity index (χ0v) is 11.6. The van der Waals surface area contributed by atoms with Gasteiger partial charge in [-0.15, -0.1) is 0 Å². The third-order valence-corrected chi connectivity index (χ3v) is 4.39. The first-order chi connectivity index (χ1) is 9.47.